The van der Waals surface area contributed by atoms with Crippen molar-refractivity contribution >= 4 is 29.3 Å². The maximum atomic E-state index is 12.4. The van der Waals surface area contributed by atoms with E-state index in [0.717, 1.165) is 38.8 Å². The Balaban J connectivity index is 1.36. The highest BCUT2D eigenvalue weighted by Crippen LogP contribution is 2.23. The maximum absolute atomic E-state index is 12.4. The summed E-state index contributed by atoms with van der Waals surface area (Å²) < 4.78 is 0. The van der Waals surface area contributed by atoms with Gasteiger partial charge in [-0.05, 0) is 55.9 Å². The van der Waals surface area contributed by atoms with Gasteiger partial charge >= 0.3 is 12.1 Å². The predicted molar refractivity (Wildman–Crippen MR) is 117 cm³/mol. The van der Waals surface area contributed by atoms with Crippen molar-refractivity contribution in [2.24, 2.45) is 5.92 Å². The zero-order chi connectivity index (χ0) is 21.2. The summed E-state index contributed by atoms with van der Waals surface area (Å²) in [5, 5.41) is 11.1. The van der Waals surface area contributed by atoms with E-state index >= 15 is 0 Å². The van der Waals surface area contributed by atoms with Gasteiger partial charge in [-0.25, -0.2) is 9.59 Å². The number of amides is 5. The van der Waals surface area contributed by atoms with Crippen LogP contribution in [0.15, 0.2) is 24.3 Å². The molecule has 0 spiro atoms. The van der Waals surface area contributed by atoms with Crippen LogP contribution >= 0.6 is 0 Å². The molecule has 0 radical (unpaired) electrons. The minimum atomic E-state index is -0.316. The quantitative estimate of drug-likeness (QED) is 0.572. The van der Waals surface area contributed by atoms with E-state index in [0.29, 0.717) is 23.8 Å². The second-order valence-corrected chi connectivity index (χ2v) is 8.17. The Morgan fingerprint density at radius 2 is 1.40 bits per heavy atom. The van der Waals surface area contributed by atoms with Crippen molar-refractivity contribution in [3.63, 3.8) is 0 Å². The Morgan fingerprint density at radius 3 is 2.03 bits per heavy atom. The normalized spacial score (nSPS) is 17.1. The van der Waals surface area contributed by atoms with Crippen LogP contribution in [0, 0.1) is 5.92 Å². The van der Waals surface area contributed by atoms with Crippen LogP contribution in [0.25, 0.3) is 0 Å². The van der Waals surface area contributed by atoms with Crippen molar-refractivity contribution in [2.45, 2.75) is 51.4 Å². The van der Waals surface area contributed by atoms with Crippen LogP contribution in [0.2, 0.25) is 0 Å². The molecule has 1 aliphatic carbocycles. The van der Waals surface area contributed by atoms with Crippen LogP contribution in [0.1, 0.15) is 51.4 Å². The van der Waals surface area contributed by atoms with E-state index in [1.54, 1.807) is 24.3 Å². The van der Waals surface area contributed by atoms with Gasteiger partial charge in [0.05, 0.1) is 6.54 Å². The van der Waals surface area contributed by atoms with Crippen molar-refractivity contribution in [3.05, 3.63) is 24.3 Å². The topological polar surface area (TPSA) is 103 Å². The second-order valence-electron chi connectivity index (χ2n) is 8.17. The number of anilines is 2. The minimum Gasteiger partial charge on any atom is -0.338 e. The number of nitrogens with zero attached hydrogens (tertiary/aromatic N) is 1. The highest BCUT2D eigenvalue weighted by Gasteiger charge is 2.16. The summed E-state index contributed by atoms with van der Waals surface area (Å²) in [5.41, 5.74) is 1.30. The van der Waals surface area contributed by atoms with Gasteiger partial charge in [-0.1, -0.05) is 25.7 Å². The molecule has 1 aromatic rings. The van der Waals surface area contributed by atoms with Gasteiger partial charge in [0.2, 0.25) is 5.91 Å². The molecule has 164 valence electrons. The fourth-order valence-corrected chi connectivity index (χ4v) is 3.99. The smallest absolute Gasteiger partial charge is 0.321 e. The summed E-state index contributed by atoms with van der Waals surface area (Å²) in [5.74, 6) is 0.260. The largest absolute Gasteiger partial charge is 0.338 e. The first-order valence-corrected chi connectivity index (χ1v) is 11.1. The number of hydrogen-bond acceptors (Lipinski definition) is 3. The van der Waals surface area contributed by atoms with E-state index in [1.807, 2.05) is 4.90 Å². The molecular formula is C22H33N5O3. The number of likely N-dealkylation sites (tertiary alicyclic amines) is 1. The molecule has 4 N–H and O–H groups in total. The van der Waals surface area contributed by atoms with E-state index in [9.17, 15) is 14.4 Å². The van der Waals surface area contributed by atoms with Gasteiger partial charge in [-0.3, -0.25) is 4.79 Å². The molecule has 2 aliphatic rings. The van der Waals surface area contributed by atoms with E-state index in [1.165, 1.54) is 25.7 Å². The molecule has 1 saturated carbocycles. The Labute approximate surface area is 178 Å². The molecule has 1 heterocycles. The summed E-state index contributed by atoms with van der Waals surface area (Å²) in [4.78, 5) is 38.1. The highest BCUT2D eigenvalue weighted by molar-refractivity contribution is 5.95. The van der Waals surface area contributed by atoms with Crippen LogP contribution in [0.4, 0.5) is 21.0 Å². The molecule has 0 bridgehead atoms. The van der Waals surface area contributed by atoms with Crippen molar-refractivity contribution in [2.75, 3.05) is 36.8 Å². The van der Waals surface area contributed by atoms with Gasteiger partial charge in [0.15, 0.2) is 0 Å². The van der Waals surface area contributed by atoms with E-state index < -0.39 is 0 Å². The predicted octanol–water partition coefficient (Wildman–Crippen LogP) is 3.52. The van der Waals surface area contributed by atoms with E-state index in [-0.39, 0.29) is 24.5 Å². The number of hydrogen-bond donors (Lipinski definition) is 4. The van der Waals surface area contributed by atoms with Gasteiger partial charge in [0, 0.05) is 31.0 Å². The molecular weight excluding hydrogens is 382 g/mol. The average Bonchev–Trinajstić information content (AvgIpc) is 3.12. The average molecular weight is 416 g/mol. The summed E-state index contributed by atoms with van der Waals surface area (Å²) in [6.45, 7) is 2.16. The van der Waals surface area contributed by atoms with Crippen LogP contribution < -0.4 is 21.3 Å². The third-order valence-corrected chi connectivity index (χ3v) is 5.75. The zero-order valence-electron chi connectivity index (χ0n) is 17.5. The lowest BCUT2D eigenvalue weighted by atomic mass is 10.1. The Morgan fingerprint density at radius 1 is 0.800 bits per heavy atom. The van der Waals surface area contributed by atoms with Crippen molar-refractivity contribution < 1.29 is 14.4 Å². The van der Waals surface area contributed by atoms with Crippen LogP contribution in [0.3, 0.4) is 0 Å². The first kappa shape index (κ1) is 21.9. The molecule has 1 aliphatic heterocycles. The Hall–Kier alpha value is -2.77. The van der Waals surface area contributed by atoms with Gasteiger partial charge in [-0.15, -0.1) is 0 Å². The Kier molecular flexibility index (Phi) is 8.35. The molecule has 2 fully saturated rings. The first-order chi connectivity index (χ1) is 14.6. The Bertz CT molecular complexity index is 708. The van der Waals surface area contributed by atoms with Gasteiger partial charge < -0.3 is 26.2 Å². The molecule has 8 heteroatoms. The SMILES string of the molecule is O=C(CNC(=O)NCC1CCCC1)Nc1ccc(NC(=O)N2CCCCCC2)cc1. The van der Waals surface area contributed by atoms with Gasteiger partial charge in [0.1, 0.15) is 0 Å². The van der Waals surface area contributed by atoms with Gasteiger partial charge in [0.25, 0.3) is 0 Å². The van der Waals surface area contributed by atoms with E-state index in [2.05, 4.69) is 21.3 Å². The van der Waals surface area contributed by atoms with Crippen LogP contribution in [-0.2, 0) is 4.79 Å². The lowest BCUT2D eigenvalue weighted by molar-refractivity contribution is -0.115. The highest BCUT2D eigenvalue weighted by atomic mass is 16.2. The standard InChI is InChI=1S/C22H33N5O3/c28-20(16-24-21(29)23-15-17-7-3-4-8-17)25-18-9-11-19(12-10-18)26-22(30)27-13-5-1-2-6-14-27/h9-12,17H,1-8,13-16H2,(H,25,28)(H,26,30)(H2,23,24,29). The number of urea groups is 2. The fraction of sp³-hybridized carbons (Fsp3) is 0.591. The molecule has 0 aromatic heterocycles. The third-order valence-electron chi connectivity index (χ3n) is 5.75. The van der Waals surface area contributed by atoms with Crippen molar-refractivity contribution in [1.29, 1.82) is 0 Å². The second kappa shape index (κ2) is 11.4. The number of carbonyl (C=O) groups excluding carboxylic acids is 3. The first-order valence-electron chi connectivity index (χ1n) is 11.1. The molecule has 5 amide bonds. The fourth-order valence-electron chi connectivity index (χ4n) is 3.99. The van der Waals surface area contributed by atoms with Crippen molar-refractivity contribution in [1.82, 2.24) is 15.5 Å². The molecule has 30 heavy (non-hydrogen) atoms. The summed E-state index contributed by atoms with van der Waals surface area (Å²) in [7, 11) is 0. The number of carbonyl (C=O) groups is 3. The van der Waals surface area contributed by atoms with Crippen LogP contribution in [-0.4, -0.2) is 49.0 Å². The van der Waals surface area contributed by atoms with Gasteiger partial charge in [-0.2, -0.15) is 0 Å². The zero-order valence-corrected chi connectivity index (χ0v) is 17.5. The lowest BCUT2D eigenvalue weighted by Crippen LogP contribution is -2.41. The maximum Gasteiger partial charge on any atom is 0.321 e. The van der Waals surface area contributed by atoms with E-state index in [4.69, 9.17) is 0 Å². The monoisotopic (exact) mass is 415 g/mol. The summed E-state index contributed by atoms with van der Waals surface area (Å²) in [6.07, 6.45) is 9.24. The summed E-state index contributed by atoms with van der Waals surface area (Å²) >= 11 is 0. The van der Waals surface area contributed by atoms with Crippen LogP contribution in [0.5, 0.6) is 0 Å². The molecule has 1 aromatic carbocycles. The van der Waals surface area contributed by atoms with Crippen molar-refractivity contribution in [3.8, 4) is 0 Å². The number of nitrogens with one attached hydrogen (secondary N) is 4. The molecule has 3 rings (SSSR count). The molecule has 0 atom stereocenters. The number of rotatable bonds is 6. The minimum absolute atomic E-state index is 0.0819. The third kappa shape index (κ3) is 7.24. The number of benzene rings is 1. The molecule has 0 unspecified atom stereocenters. The molecule has 1 saturated heterocycles. The summed E-state index contributed by atoms with van der Waals surface area (Å²) in [6, 6.07) is 6.58. The lowest BCUT2D eigenvalue weighted by Gasteiger charge is -2.20. The molecule has 8 nitrogen and oxygen atoms in total.